The van der Waals surface area contributed by atoms with Gasteiger partial charge >= 0.3 is 0 Å². The van der Waals surface area contributed by atoms with Gasteiger partial charge in [-0.3, -0.25) is 4.79 Å². The normalized spacial score (nSPS) is 30.3. The Bertz CT molecular complexity index is 336. The van der Waals surface area contributed by atoms with E-state index in [1.54, 1.807) is 0 Å². The van der Waals surface area contributed by atoms with E-state index in [2.05, 4.69) is 22.5 Å². The lowest BCUT2D eigenvalue weighted by molar-refractivity contribution is -0.128. The zero-order chi connectivity index (χ0) is 13.3. The van der Waals surface area contributed by atoms with Crippen molar-refractivity contribution in [2.45, 2.75) is 69.5 Å². The predicted octanol–water partition coefficient (Wildman–Crippen LogP) is 2.11. The second kappa shape index (κ2) is 8.00. The molecule has 0 bridgehead atoms. The summed E-state index contributed by atoms with van der Waals surface area (Å²) in [6.45, 7) is 5.44. The minimum Gasteiger partial charge on any atom is -0.352 e. The van der Waals surface area contributed by atoms with Gasteiger partial charge in [0.05, 0.1) is 5.54 Å². The third-order valence-electron chi connectivity index (χ3n) is 5.21. The maximum Gasteiger partial charge on any atom is 0.240 e. The molecule has 3 aliphatic rings. The molecule has 0 spiro atoms. The van der Waals surface area contributed by atoms with Crippen LogP contribution < -0.4 is 10.6 Å². The molecule has 124 valence electrons. The summed E-state index contributed by atoms with van der Waals surface area (Å²) in [6, 6.07) is 1.27. The molecule has 3 rings (SSSR count). The van der Waals surface area contributed by atoms with E-state index < -0.39 is 0 Å². The molecule has 0 aromatic heterocycles. The van der Waals surface area contributed by atoms with E-state index >= 15 is 0 Å². The van der Waals surface area contributed by atoms with Crippen LogP contribution in [0.2, 0.25) is 0 Å². The highest BCUT2D eigenvalue weighted by atomic mass is 35.5. The highest BCUT2D eigenvalue weighted by Gasteiger charge is 2.40. The molecule has 1 saturated carbocycles. The third kappa shape index (κ3) is 4.25. The van der Waals surface area contributed by atoms with Crippen LogP contribution in [0.3, 0.4) is 0 Å². The number of carbonyl (C=O) groups is 1. The van der Waals surface area contributed by atoms with Gasteiger partial charge in [0.15, 0.2) is 0 Å². The van der Waals surface area contributed by atoms with Gasteiger partial charge in [0.25, 0.3) is 0 Å². The molecule has 0 aromatic rings. The summed E-state index contributed by atoms with van der Waals surface area (Å²) in [6.07, 6.45) is 8.06. The Balaban J connectivity index is 0.00000110. The van der Waals surface area contributed by atoms with Crippen molar-refractivity contribution < 1.29 is 4.79 Å². The van der Waals surface area contributed by atoms with Crippen molar-refractivity contribution in [2.24, 2.45) is 0 Å². The van der Waals surface area contributed by atoms with Crippen LogP contribution in [0.5, 0.6) is 0 Å². The van der Waals surface area contributed by atoms with Gasteiger partial charge in [-0.15, -0.1) is 24.8 Å². The van der Waals surface area contributed by atoms with Crippen molar-refractivity contribution in [3.8, 4) is 0 Å². The molecule has 1 amide bonds. The fraction of sp³-hybridized carbons (Fsp3) is 0.933. The van der Waals surface area contributed by atoms with Crippen LogP contribution in [0.4, 0.5) is 0 Å². The van der Waals surface area contributed by atoms with Gasteiger partial charge in [0.1, 0.15) is 0 Å². The monoisotopic (exact) mass is 337 g/mol. The molecule has 2 heterocycles. The molecule has 0 aromatic carbocycles. The topological polar surface area (TPSA) is 44.4 Å². The Morgan fingerprint density at radius 2 is 1.90 bits per heavy atom. The van der Waals surface area contributed by atoms with Crippen LogP contribution in [0.25, 0.3) is 0 Å². The summed E-state index contributed by atoms with van der Waals surface area (Å²) in [4.78, 5) is 15.1. The van der Waals surface area contributed by atoms with Crippen molar-refractivity contribution in [3.63, 3.8) is 0 Å². The first kappa shape index (κ1) is 19.0. The number of halogens is 2. The number of rotatable bonds is 4. The summed E-state index contributed by atoms with van der Waals surface area (Å²) >= 11 is 0. The molecule has 2 aliphatic heterocycles. The molecule has 6 heteroatoms. The van der Waals surface area contributed by atoms with Gasteiger partial charge in [-0.25, -0.2) is 0 Å². The predicted molar refractivity (Wildman–Crippen MR) is 90.5 cm³/mol. The Kier molecular flexibility index (Phi) is 7.25. The standard InChI is InChI=1S/C15H27N3O.2ClH/c1-2-15(8-3-9-16-15)14(19)17-12-6-10-18(11-7-12)13-4-5-13;;/h12-13,16H,2-11H2,1H3,(H,17,19);2*1H. The van der Waals surface area contributed by atoms with Crippen LogP contribution >= 0.6 is 24.8 Å². The highest BCUT2D eigenvalue weighted by Crippen LogP contribution is 2.29. The number of hydrogen-bond acceptors (Lipinski definition) is 3. The minimum absolute atomic E-state index is 0. The summed E-state index contributed by atoms with van der Waals surface area (Å²) in [5.41, 5.74) is -0.270. The first-order valence-electron chi connectivity index (χ1n) is 8.03. The number of piperidine rings is 1. The van der Waals surface area contributed by atoms with E-state index in [9.17, 15) is 4.79 Å². The number of nitrogens with zero attached hydrogens (tertiary/aromatic N) is 1. The Morgan fingerprint density at radius 1 is 1.24 bits per heavy atom. The fourth-order valence-corrected chi connectivity index (χ4v) is 3.63. The van der Waals surface area contributed by atoms with Crippen LogP contribution in [-0.2, 0) is 4.79 Å². The van der Waals surface area contributed by atoms with E-state index in [4.69, 9.17) is 0 Å². The summed E-state index contributed by atoms with van der Waals surface area (Å²) < 4.78 is 0. The first-order chi connectivity index (χ1) is 9.23. The minimum atomic E-state index is -0.270. The lowest BCUT2D eigenvalue weighted by Crippen LogP contribution is -2.57. The summed E-state index contributed by atoms with van der Waals surface area (Å²) in [5.74, 6) is 0.248. The van der Waals surface area contributed by atoms with Crippen molar-refractivity contribution in [1.29, 1.82) is 0 Å². The number of hydrogen-bond donors (Lipinski definition) is 2. The van der Waals surface area contributed by atoms with E-state index in [0.717, 1.165) is 44.7 Å². The third-order valence-corrected chi connectivity index (χ3v) is 5.21. The lowest BCUT2D eigenvalue weighted by Gasteiger charge is -2.35. The average molecular weight is 338 g/mol. The van der Waals surface area contributed by atoms with Gasteiger partial charge in [-0.2, -0.15) is 0 Å². The summed E-state index contributed by atoms with van der Waals surface area (Å²) in [7, 11) is 0. The second-order valence-corrected chi connectivity index (χ2v) is 6.48. The largest absolute Gasteiger partial charge is 0.352 e. The highest BCUT2D eigenvalue weighted by molar-refractivity contribution is 5.87. The molecule has 4 nitrogen and oxygen atoms in total. The fourth-order valence-electron chi connectivity index (χ4n) is 3.63. The van der Waals surface area contributed by atoms with Crippen LogP contribution in [0, 0.1) is 0 Å². The van der Waals surface area contributed by atoms with Gasteiger partial charge < -0.3 is 15.5 Å². The molecule has 21 heavy (non-hydrogen) atoms. The molecule has 1 aliphatic carbocycles. The van der Waals surface area contributed by atoms with E-state index in [-0.39, 0.29) is 36.3 Å². The molecule has 3 fully saturated rings. The quantitative estimate of drug-likeness (QED) is 0.825. The summed E-state index contributed by atoms with van der Waals surface area (Å²) in [5, 5.41) is 6.73. The molecular weight excluding hydrogens is 309 g/mol. The lowest BCUT2D eigenvalue weighted by atomic mass is 9.92. The number of likely N-dealkylation sites (tertiary alicyclic amines) is 1. The molecule has 1 unspecified atom stereocenters. The van der Waals surface area contributed by atoms with Gasteiger partial charge in [0, 0.05) is 25.2 Å². The van der Waals surface area contributed by atoms with Crippen LogP contribution in [0.15, 0.2) is 0 Å². The van der Waals surface area contributed by atoms with Crippen molar-refractivity contribution in [3.05, 3.63) is 0 Å². The maximum absolute atomic E-state index is 12.5. The Labute approximate surface area is 140 Å². The van der Waals surface area contributed by atoms with Crippen molar-refractivity contribution in [2.75, 3.05) is 19.6 Å². The smallest absolute Gasteiger partial charge is 0.240 e. The zero-order valence-electron chi connectivity index (χ0n) is 12.9. The number of nitrogens with one attached hydrogen (secondary N) is 2. The SMILES string of the molecule is CCC1(C(=O)NC2CCN(C3CC3)CC2)CCCN1.Cl.Cl. The van der Waals surface area contributed by atoms with Crippen LogP contribution in [-0.4, -0.2) is 48.1 Å². The van der Waals surface area contributed by atoms with Gasteiger partial charge in [0.2, 0.25) is 5.91 Å². The van der Waals surface area contributed by atoms with Crippen LogP contribution in [0.1, 0.15) is 51.9 Å². The van der Waals surface area contributed by atoms with E-state index in [0.29, 0.717) is 6.04 Å². The molecule has 0 radical (unpaired) electrons. The number of carbonyl (C=O) groups excluding carboxylic acids is 1. The molecule has 2 N–H and O–H groups in total. The Morgan fingerprint density at radius 3 is 2.38 bits per heavy atom. The number of amides is 1. The first-order valence-corrected chi connectivity index (χ1v) is 8.03. The van der Waals surface area contributed by atoms with Gasteiger partial charge in [-0.1, -0.05) is 6.92 Å². The molecular formula is C15H29Cl2N3O. The van der Waals surface area contributed by atoms with E-state index in [1.165, 1.54) is 25.9 Å². The maximum atomic E-state index is 12.5. The van der Waals surface area contributed by atoms with Gasteiger partial charge in [-0.05, 0) is 51.5 Å². The average Bonchev–Trinajstić information content (AvgIpc) is 3.17. The Hall–Kier alpha value is -0.0300. The molecule has 2 saturated heterocycles. The van der Waals surface area contributed by atoms with E-state index in [1.807, 2.05) is 0 Å². The van der Waals surface area contributed by atoms with Crippen molar-refractivity contribution >= 4 is 30.7 Å². The zero-order valence-corrected chi connectivity index (χ0v) is 14.5. The molecule has 1 atom stereocenters. The second-order valence-electron chi connectivity index (χ2n) is 6.48. The van der Waals surface area contributed by atoms with Crippen molar-refractivity contribution in [1.82, 2.24) is 15.5 Å².